The van der Waals surface area contributed by atoms with Gasteiger partial charge in [-0.15, -0.1) is 0 Å². The minimum Gasteiger partial charge on any atom is -0.408 e. The van der Waals surface area contributed by atoms with E-state index >= 15 is 0 Å². The number of oxazole rings is 1. The van der Waals surface area contributed by atoms with E-state index in [1.54, 1.807) is 24.3 Å². The molecule has 3 aromatic rings. The Morgan fingerprint density at radius 2 is 1.83 bits per heavy atom. The molecule has 0 unspecified atom stereocenters. The van der Waals surface area contributed by atoms with Gasteiger partial charge >= 0.3 is 5.76 Å². The maximum absolute atomic E-state index is 12.0. The fourth-order valence-electron chi connectivity index (χ4n) is 2.35. The number of hydrogen-bond acceptors (Lipinski definition) is 4. The molecule has 23 heavy (non-hydrogen) atoms. The molecule has 0 amide bonds. The van der Waals surface area contributed by atoms with Crippen molar-refractivity contribution in [3.8, 4) is 0 Å². The lowest BCUT2D eigenvalue weighted by Crippen LogP contribution is -2.27. The van der Waals surface area contributed by atoms with E-state index in [-0.39, 0.29) is 5.75 Å². The number of aromatic amines is 1. The molecule has 7 heteroatoms. The van der Waals surface area contributed by atoms with Crippen LogP contribution in [0.1, 0.15) is 11.1 Å². The third-order valence-corrected chi connectivity index (χ3v) is 4.78. The highest BCUT2D eigenvalue weighted by atomic mass is 32.2. The Balaban J connectivity index is 1.60. The van der Waals surface area contributed by atoms with Gasteiger partial charge in [0.1, 0.15) is 0 Å². The quantitative estimate of drug-likeness (QED) is 0.720. The monoisotopic (exact) mass is 332 g/mol. The number of benzene rings is 2. The van der Waals surface area contributed by atoms with Crippen molar-refractivity contribution in [2.75, 3.05) is 6.54 Å². The minimum absolute atomic E-state index is 0.0398. The molecular formula is C16H16N2O4S. The van der Waals surface area contributed by atoms with Gasteiger partial charge in [-0.25, -0.2) is 17.9 Å². The minimum atomic E-state index is -3.37. The Bertz CT molecular complexity index is 958. The fourth-order valence-corrected chi connectivity index (χ4v) is 3.50. The van der Waals surface area contributed by atoms with Crippen LogP contribution in [0, 0.1) is 0 Å². The molecule has 3 rings (SSSR count). The first-order valence-electron chi connectivity index (χ1n) is 7.15. The van der Waals surface area contributed by atoms with Crippen LogP contribution in [-0.2, 0) is 22.2 Å². The Kier molecular flexibility index (Phi) is 4.31. The Morgan fingerprint density at radius 1 is 1.04 bits per heavy atom. The van der Waals surface area contributed by atoms with Crippen LogP contribution in [-0.4, -0.2) is 19.9 Å². The molecule has 0 atom stereocenters. The van der Waals surface area contributed by atoms with Gasteiger partial charge in [-0.05, 0) is 29.7 Å². The third kappa shape index (κ3) is 4.08. The van der Waals surface area contributed by atoms with E-state index in [2.05, 4.69) is 9.71 Å². The first-order valence-corrected chi connectivity index (χ1v) is 8.80. The van der Waals surface area contributed by atoms with E-state index in [1.165, 1.54) is 0 Å². The van der Waals surface area contributed by atoms with Crippen LogP contribution in [0.3, 0.4) is 0 Å². The van der Waals surface area contributed by atoms with Crippen molar-refractivity contribution in [2.45, 2.75) is 12.2 Å². The Labute approximate surface area is 133 Å². The van der Waals surface area contributed by atoms with Crippen molar-refractivity contribution in [1.82, 2.24) is 9.71 Å². The van der Waals surface area contributed by atoms with Crippen LogP contribution in [0.25, 0.3) is 11.1 Å². The number of H-pyrrole nitrogens is 1. The number of nitrogens with one attached hydrogen (secondary N) is 2. The van der Waals surface area contributed by atoms with Crippen molar-refractivity contribution >= 4 is 21.1 Å². The van der Waals surface area contributed by atoms with Gasteiger partial charge in [0, 0.05) is 6.54 Å². The second-order valence-electron chi connectivity index (χ2n) is 5.23. The molecule has 0 saturated carbocycles. The number of fused-ring (bicyclic) bond motifs is 1. The molecule has 1 heterocycles. The summed E-state index contributed by atoms with van der Waals surface area (Å²) >= 11 is 0. The largest absolute Gasteiger partial charge is 0.417 e. The van der Waals surface area contributed by atoms with Crippen LogP contribution in [0.4, 0.5) is 0 Å². The Morgan fingerprint density at radius 3 is 2.61 bits per heavy atom. The summed E-state index contributed by atoms with van der Waals surface area (Å²) in [5, 5.41) is 0. The Hall–Kier alpha value is -2.38. The number of rotatable bonds is 6. The zero-order valence-corrected chi connectivity index (χ0v) is 13.1. The molecule has 2 aromatic carbocycles. The molecule has 0 bridgehead atoms. The summed E-state index contributed by atoms with van der Waals surface area (Å²) in [5.74, 6) is -0.539. The maximum atomic E-state index is 12.0. The lowest BCUT2D eigenvalue weighted by atomic mass is 10.1. The second kappa shape index (κ2) is 6.39. The van der Waals surface area contributed by atoms with Crippen molar-refractivity contribution in [3.05, 3.63) is 70.2 Å². The van der Waals surface area contributed by atoms with E-state index in [0.717, 1.165) is 11.1 Å². The molecule has 0 radical (unpaired) electrons. The van der Waals surface area contributed by atoms with Gasteiger partial charge in [-0.2, -0.15) is 0 Å². The zero-order chi connectivity index (χ0) is 16.3. The van der Waals surface area contributed by atoms with Crippen molar-refractivity contribution < 1.29 is 12.8 Å². The SMILES string of the molecule is O=c1[nH]c2cc(CCNS(=O)(=O)Cc3ccccc3)ccc2o1. The number of hydrogen-bond donors (Lipinski definition) is 2. The van der Waals surface area contributed by atoms with Gasteiger partial charge in [0.15, 0.2) is 5.58 Å². The average molecular weight is 332 g/mol. The average Bonchev–Trinajstić information content (AvgIpc) is 2.87. The smallest absolute Gasteiger partial charge is 0.408 e. The fraction of sp³-hybridized carbons (Fsp3) is 0.188. The predicted molar refractivity (Wildman–Crippen MR) is 87.6 cm³/mol. The van der Waals surface area contributed by atoms with E-state index in [9.17, 15) is 13.2 Å². The molecular weight excluding hydrogens is 316 g/mol. The van der Waals surface area contributed by atoms with Crippen LogP contribution in [0.15, 0.2) is 57.7 Å². The summed E-state index contributed by atoms with van der Waals surface area (Å²) in [7, 11) is -3.37. The van der Waals surface area contributed by atoms with Crippen LogP contribution >= 0.6 is 0 Å². The lowest BCUT2D eigenvalue weighted by molar-refractivity contribution is 0.555. The molecule has 0 aliphatic heterocycles. The highest BCUT2D eigenvalue weighted by molar-refractivity contribution is 7.88. The van der Waals surface area contributed by atoms with Crippen LogP contribution in [0.2, 0.25) is 0 Å². The van der Waals surface area contributed by atoms with Gasteiger partial charge in [0.2, 0.25) is 10.0 Å². The summed E-state index contributed by atoms with van der Waals surface area (Å²) in [4.78, 5) is 13.7. The van der Waals surface area contributed by atoms with E-state index in [4.69, 9.17) is 4.42 Å². The molecule has 0 spiro atoms. The van der Waals surface area contributed by atoms with Crippen molar-refractivity contribution in [2.24, 2.45) is 0 Å². The van der Waals surface area contributed by atoms with Gasteiger partial charge < -0.3 is 4.42 Å². The van der Waals surface area contributed by atoms with Gasteiger partial charge in [0.25, 0.3) is 0 Å². The molecule has 0 fully saturated rings. The number of aromatic nitrogens is 1. The third-order valence-electron chi connectivity index (χ3n) is 3.42. The standard InChI is InChI=1S/C16H16N2O4S/c19-16-18-14-10-12(6-7-15(14)22-16)8-9-17-23(20,21)11-13-4-2-1-3-5-13/h1-7,10,17H,8-9,11H2,(H,18,19). The van der Waals surface area contributed by atoms with Gasteiger partial charge in [-0.1, -0.05) is 36.4 Å². The zero-order valence-electron chi connectivity index (χ0n) is 12.3. The van der Waals surface area contributed by atoms with Crippen LogP contribution in [0.5, 0.6) is 0 Å². The van der Waals surface area contributed by atoms with Gasteiger partial charge in [-0.3, -0.25) is 4.98 Å². The molecule has 0 aliphatic rings. The lowest BCUT2D eigenvalue weighted by Gasteiger charge is -2.07. The van der Waals surface area contributed by atoms with E-state index in [0.29, 0.717) is 24.1 Å². The molecule has 2 N–H and O–H groups in total. The maximum Gasteiger partial charge on any atom is 0.417 e. The predicted octanol–water partition coefficient (Wildman–Crippen LogP) is 1.78. The summed E-state index contributed by atoms with van der Waals surface area (Å²) in [6, 6.07) is 14.3. The summed E-state index contributed by atoms with van der Waals surface area (Å²) in [5.41, 5.74) is 2.76. The first-order chi connectivity index (χ1) is 11.0. The van der Waals surface area contributed by atoms with E-state index < -0.39 is 15.8 Å². The molecule has 0 saturated heterocycles. The molecule has 1 aromatic heterocycles. The number of sulfonamides is 1. The van der Waals surface area contributed by atoms with E-state index in [1.807, 2.05) is 24.3 Å². The second-order valence-corrected chi connectivity index (χ2v) is 7.04. The van der Waals surface area contributed by atoms with Crippen LogP contribution < -0.4 is 10.5 Å². The van der Waals surface area contributed by atoms with Crippen molar-refractivity contribution in [1.29, 1.82) is 0 Å². The summed E-state index contributed by atoms with van der Waals surface area (Å²) < 4.78 is 31.6. The van der Waals surface area contributed by atoms with Crippen molar-refractivity contribution in [3.63, 3.8) is 0 Å². The summed E-state index contributed by atoms with van der Waals surface area (Å²) in [6.07, 6.45) is 0.525. The summed E-state index contributed by atoms with van der Waals surface area (Å²) in [6.45, 7) is 0.294. The highest BCUT2D eigenvalue weighted by Crippen LogP contribution is 2.12. The first kappa shape index (κ1) is 15.5. The highest BCUT2D eigenvalue weighted by Gasteiger charge is 2.11. The molecule has 6 nitrogen and oxygen atoms in total. The van der Waals surface area contributed by atoms with Gasteiger partial charge in [0.05, 0.1) is 11.3 Å². The molecule has 0 aliphatic carbocycles. The topological polar surface area (TPSA) is 92.2 Å². The molecule has 120 valence electrons. The normalized spacial score (nSPS) is 11.8.